The van der Waals surface area contributed by atoms with Crippen molar-refractivity contribution in [1.29, 1.82) is 0 Å². The fourth-order valence-electron chi connectivity index (χ4n) is 7.57. The Kier molecular flexibility index (Phi) is 9.43. The molecule has 0 N–H and O–H groups in total. The van der Waals surface area contributed by atoms with Crippen LogP contribution < -0.4 is 14.5 Å². The van der Waals surface area contributed by atoms with E-state index in [-0.39, 0.29) is 0 Å². The first-order valence-corrected chi connectivity index (χ1v) is 18.0. The number of aromatic nitrogens is 1. The van der Waals surface area contributed by atoms with Gasteiger partial charge in [-0.2, -0.15) is 0 Å². The molecule has 0 saturated carbocycles. The molecular weight excluding hydrogens is 587 g/mol. The van der Waals surface area contributed by atoms with Gasteiger partial charge in [0.25, 0.3) is 0 Å². The minimum Gasteiger partial charge on any atom is -0.493 e. The van der Waals surface area contributed by atoms with Crippen LogP contribution in [-0.4, -0.2) is 30.8 Å². The van der Waals surface area contributed by atoms with E-state index in [0.717, 1.165) is 44.8 Å². The molecule has 1 atom stereocenters. The second-order valence-electron chi connectivity index (χ2n) is 13.5. The van der Waals surface area contributed by atoms with E-state index in [2.05, 4.69) is 151 Å². The third-order valence-electron chi connectivity index (χ3n) is 10.2. The summed E-state index contributed by atoms with van der Waals surface area (Å²) >= 11 is 0. The van der Waals surface area contributed by atoms with Gasteiger partial charge < -0.3 is 19.1 Å². The van der Waals surface area contributed by atoms with Crippen molar-refractivity contribution in [2.45, 2.75) is 65.7 Å². The minimum absolute atomic E-state index is 0.454. The highest BCUT2D eigenvalue weighted by atomic mass is 16.5. The summed E-state index contributed by atoms with van der Waals surface area (Å²) in [6, 6.07) is 40.3. The van der Waals surface area contributed by atoms with E-state index in [1.165, 1.54) is 80.5 Å². The Morgan fingerprint density at radius 2 is 1.54 bits per heavy atom. The van der Waals surface area contributed by atoms with Gasteiger partial charge in [0.05, 0.1) is 17.6 Å². The number of para-hydroxylation sites is 2. The number of anilines is 3. The molecule has 246 valence electrons. The zero-order valence-electron chi connectivity index (χ0n) is 29.1. The second-order valence-corrected chi connectivity index (χ2v) is 13.5. The number of benzene rings is 5. The largest absolute Gasteiger partial charge is 0.493 e. The predicted molar refractivity (Wildman–Crippen MR) is 205 cm³/mol. The van der Waals surface area contributed by atoms with Crippen LogP contribution in [-0.2, 0) is 0 Å². The van der Waals surface area contributed by atoms with Crippen LogP contribution in [0, 0.1) is 13.8 Å². The van der Waals surface area contributed by atoms with E-state index in [0.29, 0.717) is 5.92 Å². The highest BCUT2D eigenvalue weighted by Crippen LogP contribution is 2.45. The number of aryl methyl sites for hydroxylation is 2. The third-order valence-corrected chi connectivity index (χ3v) is 10.2. The maximum atomic E-state index is 6.27. The lowest BCUT2D eigenvalue weighted by Gasteiger charge is -2.26. The Balaban J connectivity index is 1.14. The number of ether oxygens (including phenoxy) is 1. The predicted octanol–water partition coefficient (Wildman–Crippen LogP) is 11.5. The van der Waals surface area contributed by atoms with Gasteiger partial charge >= 0.3 is 0 Å². The first-order chi connectivity index (χ1) is 23.6. The number of hydrogen-bond donors (Lipinski definition) is 0. The van der Waals surface area contributed by atoms with Crippen molar-refractivity contribution in [1.82, 2.24) is 4.57 Å². The lowest BCUT2D eigenvalue weighted by atomic mass is 9.96. The molecule has 0 bridgehead atoms. The van der Waals surface area contributed by atoms with Gasteiger partial charge in [-0.3, -0.25) is 0 Å². The van der Waals surface area contributed by atoms with Crippen LogP contribution in [0.3, 0.4) is 0 Å². The maximum absolute atomic E-state index is 6.27. The van der Waals surface area contributed by atoms with Gasteiger partial charge in [-0.1, -0.05) is 86.3 Å². The molecule has 5 aromatic carbocycles. The summed E-state index contributed by atoms with van der Waals surface area (Å²) < 4.78 is 8.66. The molecule has 1 aliphatic heterocycles. The average Bonchev–Trinajstić information content (AvgIpc) is 3.64. The summed E-state index contributed by atoms with van der Waals surface area (Å²) in [6.07, 6.45) is 5.98. The molecule has 7 rings (SSSR count). The quantitative estimate of drug-likeness (QED) is 0.118. The van der Waals surface area contributed by atoms with Crippen molar-refractivity contribution in [3.8, 4) is 11.4 Å². The maximum Gasteiger partial charge on any atom is 0.124 e. The average molecular weight is 636 g/mol. The molecule has 0 fully saturated rings. The van der Waals surface area contributed by atoms with Crippen molar-refractivity contribution in [2.24, 2.45) is 0 Å². The van der Waals surface area contributed by atoms with Crippen LogP contribution in [0.1, 0.15) is 68.6 Å². The first-order valence-electron chi connectivity index (χ1n) is 18.0. The zero-order chi connectivity index (χ0) is 33.0. The van der Waals surface area contributed by atoms with E-state index < -0.39 is 0 Å². The van der Waals surface area contributed by atoms with Crippen LogP contribution >= 0.6 is 0 Å². The molecule has 1 unspecified atom stereocenters. The normalized spacial score (nSPS) is 14.2. The van der Waals surface area contributed by atoms with E-state index in [1.54, 1.807) is 0 Å². The first kappa shape index (κ1) is 31.9. The smallest absolute Gasteiger partial charge is 0.124 e. The summed E-state index contributed by atoms with van der Waals surface area (Å²) in [5.41, 5.74) is 11.5. The van der Waals surface area contributed by atoms with Crippen molar-refractivity contribution in [3.05, 3.63) is 126 Å². The molecule has 48 heavy (non-hydrogen) atoms. The summed E-state index contributed by atoms with van der Waals surface area (Å²) in [7, 11) is 0. The standard InChI is InChI=1S/C44H49N3O/c1-5-7-8-14-27-48-44-30-36(21-20-33(44)4)45(6-2)26-25-34-31-46(41-23-19-32(3)28-39(34)41)37-22-24-43-40(29-37)38-17-12-13-18-42(38)47(43)35-15-10-9-11-16-35/h9-13,15-24,28-30,34H,5-8,14,25-27,31H2,1-4H3. The molecule has 4 nitrogen and oxygen atoms in total. The Morgan fingerprint density at radius 3 is 2.38 bits per heavy atom. The Bertz CT molecular complexity index is 2010. The van der Waals surface area contributed by atoms with E-state index >= 15 is 0 Å². The Hall–Kier alpha value is -4.70. The number of hydrogen-bond acceptors (Lipinski definition) is 3. The fraction of sp³-hybridized carbons (Fsp3) is 0.318. The second kappa shape index (κ2) is 14.2. The van der Waals surface area contributed by atoms with Gasteiger partial charge in [-0.05, 0) is 93.3 Å². The summed E-state index contributed by atoms with van der Waals surface area (Å²) in [6.45, 7) is 12.7. The molecule has 0 spiro atoms. The van der Waals surface area contributed by atoms with Gasteiger partial charge in [-0.25, -0.2) is 0 Å². The Morgan fingerprint density at radius 1 is 0.729 bits per heavy atom. The van der Waals surface area contributed by atoms with Gasteiger partial charge in [0.2, 0.25) is 0 Å². The SMILES string of the molecule is CCCCCCOc1cc(N(CC)CCC2CN(c3ccc4c(c3)c3ccccc3n4-c3ccccc3)c3ccc(C)cc32)ccc1C. The lowest BCUT2D eigenvalue weighted by Crippen LogP contribution is -2.26. The number of nitrogens with zero attached hydrogens (tertiary/aromatic N) is 3. The van der Waals surface area contributed by atoms with E-state index in [4.69, 9.17) is 4.74 Å². The third kappa shape index (κ3) is 6.29. The molecule has 0 amide bonds. The molecule has 1 aliphatic rings. The van der Waals surface area contributed by atoms with Crippen LogP contribution in [0.5, 0.6) is 5.75 Å². The molecule has 1 aromatic heterocycles. The summed E-state index contributed by atoms with van der Waals surface area (Å²) in [5.74, 6) is 1.48. The van der Waals surface area contributed by atoms with E-state index in [9.17, 15) is 0 Å². The lowest BCUT2D eigenvalue weighted by molar-refractivity contribution is 0.303. The fourth-order valence-corrected chi connectivity index (χ4v) is 7.57. The van der Waals surface area contributed by atoms with Gasteiger partial charge in [0.1, 0.15) is 5.75 Å². The topological polar surface area (TPSA) is 20.6 Å². The van der Waals surface area contributed by atoms with Crippen molar-refractivity contribution >= 4 is 38.9 Å². The molecule has 0 radical (unpaired) electrons. The summed E-state index contributed by atoms with van der Waals surface area (Å²) in [4.78, 5) is 5.08. The molecule has 0 saturated heterocycles. The van der Waals surface area contributed by atoms with Crippen molar-refractivity contribution in [2.75, 3.05) is 36.0 Å². The van der Waals surface area contributed by atoms with Gasteiger partial charge in [-0.15, -0.1) is 0 Å². The van der Waals surface area contributed by atoms with Gasteiger partial charge in [0.15, 0.2) is 0 Å². The van der Waals surface area contributed by atoms with Crippen molar-refractivity contribution < 1.29 is 4.74 Å². The molecule has 0 aliphatic carbocycles. The minimum atomic E-state index is 0.454. The van der Waals surface area contributed by atoms with Gasteiger partial charge in [0, 0.05) is 65.1 Å². The van der Waals surface area contributed by atoms with Crippen LogP contribution in [0.4, 0.5) is 17.1 Å². The van der Waals surface area contributed by atoms with Crippen LogP contribution in [0.2, 0.25) is 0 Å². The van der Waals surface area contributed by atoms with Crippen molar-refractivity contribution in [3.63, 3.8) is 0 Å². The molecule has 6 aromatic rings. The van der Waals surface area contributed by atoms with Crippen LogP contribution in [0.25, 0.3) is 27.5 Å². The number of fused-ring (bicyclic) bond motifs is 4. The monoisotopic (exact) mass is 635 g/mol. The summed E-state index contributed by atoms with van der Waals surface area (Å²) in [5, 5.41) is 2.59. The highest BCUT2D eigenvalue weighted by molar-refractivity contribution is 6.10. The van der Waals surface area contributed by atoms with Crippen LogP contribution in [0.15, 0.2) is 109 Å². The van der Waals surface area contributed by atoms with E-state index in [1.807, 2.05) is 0 Å². The zero-order valence-corrected chi connectivity index (χ0v) is 29.1. The molecular formula is C44H49N3O. The number of rotatable bonds is 13. The number of unbranched alkanes of at least 4 members (excludes halogenated alkanes) is 3. The highest BCUT2D eigenvalue weighted by Gasteiger charge is 2.30. The molecule has 4 heteroatoms. The Labute approximate surface area is 286 Å². The molecule has 2 heterocycles.